The molecule has 0 saturated carbocycles. The van der Waals surface area contributed by atoms with Crippen molar-refractivity contribution in [1.82, 2.24) is 15.0 Å². The van der Waals surface area contributed by atoms with E-state index in [0.717, 1.165) is 82.8 Å². The van der Waals surface area contributed by atoms with Crippen molar-refractivity contribution in [1.29, 1.82) is 0 Å². The van der Waals surface area contributed by atoms with Crippen LogP contribution < -0.4 is 0 Å². The average Bonchev–Trinajstić information content (AvgIpc) is 3.21. The first-order chi connectivity index (χ1) is 25.2. The van der Waals surface area contributed by atoms with Crippen molar-refractivity contribution in [3.63, 3.8) is 0 Å². The summed E-state index contributed by atoms with van der Waals surface area (Å²) in [5.41, 5.74) is 12.3. The molecule has 0 spiro atoms. The summed E-state index contributed by atoms with van der Waals surface area (Å²) >= 11 is 4.83. The molecular weight excluding hydrogens is 639 g/mol. The lowest BCUT2D eigenvalue weighted by atomic mass is 9.95. The van der Waals surface area contributed by atoms with Gasteiger partial charge in [-0.05, 0) is 45.8 Å². The number of aromatic nitrogens is 3. The number of pyridine rings is 1. The van der Waals surface area contributed by atoms with Gasteiger partial charge >= 0.3 is 0 Å². The van der Waals surface area contributed by atoms with Gasteiger partial charge in [0.2, 0.25) is 0 Å². The normalized spacial score (nSPS) is 11.2. The summed E-state index contributed by atoms with van der Waals surface area (Å²) in [7, 11) is 0. The summed E-state index contributed by atoms with van der Waals surface area (Å²) in [6, 6.07) is 63.1. The van der Waals surface area contributed by atoms with Crippen molar-refractivity contribution in [3.8, 4) is 67.4 Å². The Labute approximate surface area is 302 Å². The molecule has 0 radical (unpaired) electrons. The minimum Gasteiger partial charge on any atom is -0.247 e. The maximum Gasteiger partial charge on any atom is 0.160 e. The van der Waals surface area contributed by atoms with E-state index in [-0.39, 0.29) is 0 Å². The number of hydrogen-bond donors (Lipinski definition) is 1. The molecule has 2 aromatic heterocycles. The lowest BCUT2D eigenvalue weighted by Gasteiger charge is -2.14. The molecule has 240 valence electrons. The molecule has 0 amide bonds. The molecule has 0 aliphatic carbocycles. The lowest BCUT2D eigenvalue weighted by Crippen LogP contribution is -1.95. The van der Waals surface area contributed by atoms with E-state index in [1.807, 2.05) is 48.5 Å². The van der Waals surface area contributed by atoms with Gasteiger partial charge in [0, 0.05) is 37.9 Å². The van der Waals surface area contributed by atoms with Crippen molar-refractivity contribution in [2.24, 2.45) is 0 Å². The molecule has 9 aromatic rings. The second-order valence-electron chi connectivity index (χ2n) is 12.6. The fourth-order valence-electron chi connectivity index (χ4n) is 6.77. The van der Waals surface area contributed by atoms with E-state index in [4.69, 9.17) is 27.6 Å². The van der Waals surface area contributed by atoms with Crippen molar-refractivity contribution < 1.29 is 0 Å². The summed E-state index contributed by atoms with van der Waals surface area (Å²) in [6.07, 6.45) is 0. The molecule has 51 heavy (non-hydrogen) atoms. The predicted molar refractivity (Wildman–Crippen MR) is 215 cm³/mol. The Morgan fingerprint density at radius 1 is 0.333 bits per heavy atom. The number of thiol groups is 1. The molecule has 2 heterocycles. The number of benzene rings is 7. The third-order valence-electron chi connectivity index (χ3n) is 9.42. The highest BCUT2D eigenvalue weighted by molar-refractivity contribution is 7.80. The summed E-state index contributed by atoms with van der Waals surface area (Å²) in [5, 5.41) is 3.43. The summed E-state index contributed by atoms with van der Waals surface area (Å²) in [4.78, 5) is 16.1. The smallest absolute Gasteiger partial charge is 0.160 e. The van der Waals surface area contributed by atoms with Gasteiger partial charge in [-0.3, -0.25) is 0 Å². The predicted octanol–water partition coefficient (Wildman–Crippen LogP) is 12.5. The molecule has 0 N–H and O–H groups in total. The number of fused-ring (bicyclic) bond motifs is 3. The maximum atomic E-state index is 5.26. The zero-order valence-corrected chi connectivity index (χ0v) is 28.5. The van der Waals surface area contributed by atoms with Crippen LogP contribution in [0.25, 0.3) is 89.1 Å². The third kappa shape index (κ3) is 5.96. The van der Waals surface area contributed by atoms with Gasteiger partial charge in [-0.2, -0.15) is 0 Å². The van der Waals surface area contributed by atoms with Gasteiger partial charge in [-0.1, -0.05) is 164 Å². The van der Waals surface area contributed by atoms with Gasteiger partial charge in [-0.25, -0.2) is 15.0 Å². The molecule has 0 unspecified atom stereocenters. The molecule has 0 bridgehead atoms. The van der Waals surface area contributed by atoms with E-state index in [1.165, 1.54) is 5.39 Å². The SMILES string of the molecule is Sc1ccccc1-c1cc(-c2ccc(-c3ccc(-c4cc(-c5ccccc5)nc(-c5ccccc5)n4)cc3)cc2)nc2c1ccc1ccccc12. The van der Waals surface area contributed by atoms with Crippen molar-refractivity contribution in [3.05, 3.63) is 182 Å². The monoisotopic (exact) mass is 669 g/mol. The van der Waals surface area contributed by atoms with Crippen LogP contribution in [0.5, 0.6) is 0 Å². The lowest BCUT2D eigenvalue weighted by molar-refractivity contribution is 1.18. The van der Waals surface area contributed by atoms with E-state index in [1.54, 1.807) is 0 Å². The van der Waals surface area contributed by atoms with Crippen molar-refractivity contribution in [2.75, 3.05) is 0 Å². The van der Waals surface area contributed by atoms with Gasteiger partial charge in [0.15, 0.2) is 5.82 Å². The Hall–Kier alpha value is -6.36. The standard InChI is InChI=1S/C47H31N3S/c51-45-18-10-9-17-39(45)41-29-42(48-46-38-16-8-7-11-33(38)27-28-40(41)46)35-23-19-31(20-24-35)32-21-25-36(26-22-32)44-30-43(34-12-3-1-4-13-34)49-47(50-44)37-14-5-2-6-15-37/h1-30,51H. The Balaban J connectivity index is 1.08. The second-order valence-corrected chi connectivity index (χ2v) is 13.1. The zero-order valence-electron chi connectivity index (χ0n) is 27.6. The van der Waals surface area contributed by atoms with E-state index >= 15 is 0 Å². The summed E-state index contributed by atoms with van der Waals surface area (Å²) in [5.74, 6) is 0.711. The van der Waals surface area contributed by atoms with E-state index in [9.17, 15) is 0 Å². The molecule has 0 saturated heterocycles. The van der Waals surface area contributed by atoms with Gasteiger partial charge in [-0.15, -0.1) is 12.6 Å². The fourth-order valence-corrected chi connectivity index (χ4v) is 7.05. The Morgan fingerprint density at radius 3 is 1.49 bits per heavy atom. The minimum absolute atomic E-state index is 0.711. The highest BCUT2D eigenvalue weighted by Gasteiger charge is 2.15. The molecule has 7 aromatic carbocycles. The Morgan fingerprint density at radius 2 is 0.843 bits per heavy atom. The van der Waals surface area contributed by atoms with E-state index in [2.05, 4.69) is 133 Å². The van der Waals surface area contributed by atoms with Crippen LogP contribution in [0.4, 0.5) is 0 Å². The quantitative estimate of drug-likeness (QED) is 0.141. The minimum atomic E-state index is 0.711. The van der Waals surface area contributed by atoms with Crippen LogP contribution in [0.1, 0.15) is 0 Å². The Bertz CT molecular complexity index is 2610. The van der Waals surface area contributed by atoms with Gasteiger partial charge < -0.3 is 0 Å². The number of hydrogen-bond acceptors (Lipinski definition) is 4. The first kappa shape index (κ1) is 30.7. The zero-order chi connectivity index (χ0) is 34.1. The summed E-state index contributed by atoms with van der Waals surface area (Å²) < 4.78 is 0. The summed E-state index contributed by atoms with van der Waals surface area (Å²) in [6.45, 7) is 0. The highest BCUT2D eigenvalue weighted by atomic mass is 32.1. The molecule has 0 aliphatic rings. The fraction of sp³-hybridized carbons (Fsp3) is 0. The Kier molecular flexibility index (Phi) is 7.92. The van der Waals surface area contributed by atoms with Crippen molar-refractivity contribution >= 4 is 34.3 Å². The van der Waals surface area contributed by atoms with Crippen LogP contribution >= 0.6 is 12.6 Å². The molecular formula is C47H31N3S. The molecule has 4 heteroatoms. The topological polar surface area (TPSA) is 38.7 Å². The van der Waals surface area contributed by atoms with E-state index < -0.39 is 0 Å². The van der Waals surface area contributed by atoms with Gasteiger partial charge in [0.25, 0.3) is 0 Å². The van der Waals surface area contributed by atoms with Crippen LogP contribution in [0.3, 0.4) is 0 Å². The third-order valence-corrected chi connectivity index (χ3v) is 9.81. The maximum absolute atomic E-state index is 5.26. The molecule has 0 fully saturated rings. The first-order valence-corrected chi connectivity index (χ1v) is 17.4. The molecule has 9 rings (SSSR count). The van der Waals surface area contributed by atoms with Gasteiger partial charge in [0.05, 0.1) is 22.6 Å². The van der Waals surface area contributed by atoms with Crippen LogP contribution in [-0.4, -0.2) is 15.0 Å². The second kappa shape index (κ2) is 13.2. The molecule has 0 atom stereocenters. The van der Waals surface area contributed by atoms with Crippen molar-refractivity contribution in [2.45, 2.75) is 4.90 Å². The van der Waals surface area contributed by atoms with E-state index in [0.29, 0.717) is 5.82 Å². The number of rotatable bonds is 6. The molecule has 0 aliphatic heterocycles. The average molecular weight is 670 g/mol. The highest BCUT2D eigenvalue weighted by Crippen LogP contribution is 2.38. The van der Waals surface area contributed by atoms with Crippen LogP contribution in [0, 0.1) is 0 Å². The van der Waals surface area contributed by atoms with Crippen LogP contribution in [0.15, 0.2) is 187 Å². The van der Waals surface area contributed by atoms with Crippen LogP contribution in [0.2, 0.25) is 0 Å². The molecule has 3 nitrogen and oxygen atoms in total. The largest absolute Gasteiger partial charge is 0.247 e. The van der Waals surface area contributed by atoms with Gasteiger partial charge in [0.1, 0.15) is 0 Å². The van der Waals surface area contributed by atoms with Crippen LogP contribution in [-0.2, 0) is 0 Å². The first-order valence-electron chi connectivity index (χ1n) is 17.0. The number of nitrogens with zero attached hydrogens (tertiary/aromatic N) is 3.